The van der Waals surface area contributed by atoms with E-state index in [0.29, 0.717) is 23.9 Å². The summed E-state index contributed by atoms with van der Waals surface area (Å²) in [4.78, 5) is 37.2. The molecule has 0 aromatic carbocycles. The van der Waals surface area contributed by atoms with Crippen LogP contribution in [-0.4, -0.2) is 82.3 Å². The molecule has 0 aliphatic rings. The molecular weight excluding hydrogens is 887 g/mol. The van der Waals surface area contributed by atoms with E-state index in [0.717, 1.165) is 128 Å². The summed E-state index contributed by atoms with van der Waals surface area (Å²) in [6.07, 6.45) is 71.7. The highest BCUT2D eigenvalue weighted by atomic mass is 16.7. The zero-order valence-corrected chi connectivity index (χ0v) is 45.0. The lowest BCUT2D eigenvalue weighted by Gasteiger charge is -2.26. The monoisotopic (exact) mass is 984 g/mol. The van der Waals surface area contributed by atoms with E-state index in [4.69, 9.17) is 18.9 Å². The quantitative estimate of drug-likeness (QED) is 0.0195. The molecule has 0 bridgehead atoms. The number of carboxylic acid groups (broad SMARTS) is 1. The Balaban J connectivity index is 4.47. The van der Waals surface area contributed by atoms with Crippen LogP contribution in [0.15, 0.2) is 146 Å². The number of quaternary nitrogens is 1. The van der Waals surface area contributed by atoms with Crippen LogP contribution in [0.25, 0.3) is 0 Å². The number of hydrogen-bond donors (Lipinski definition) is 0. The maximum atomic E-state index is 12.8. The maximum absolute atomic E-state index is 12.8. The van der Waals surface area contributed by atoms with E-state index in [1.165, 1.54) is 0 Å². The minimum absolute atomic E-state index is 0.127. The third kappa shape index (κ3) is 52.8. The fraction of sp³-hybridized carbons (Fsp3) is 0.565. The molecular formula is C62H97NO8. The number of rotatable bonds is 47. The second-order valence-corrected chi connectivity index (χ2v) is 18.4. The Morgan fingerprint density at radius 1 is 0.423 bits per heavy atom. The van der Waals surface area contributed by atoms with Crippen LogP contribution in [0.3, 0.4) is 0 Å². The summed E-state index contributed by atoms with van der Waals surface area (Å²) in [6.45, 7) is 4.41. The molecule has 0 aromatic heterocycles. The number of aliphatic carboxylic acids is 1. The zero-order chi connectivity index (χ0) is 52.0. The van der Waals surface area contributed by atoms with Crippen molar-refractivity contribution in [3.63, 3.8) is 0 Å². The van der Waals surface area contributed by atoms with Gasteiger partial charge in [-0.05, 0) is 116 Å². The molecule has 0 N–H and O–H groups in total. The number of allylic oxidation sites excluding steroid dienone is 24. The standard InChI is InChI=1S/C62H97NO8/c1-6-8-10-12-14-16-18-20-22-24-26-27-28-29-30-31-32-33-35-37-39-41-43-45-47-49-51-53-60(65)71-58(57-70-62(61(66)67)68-55-54-63(3,4)5)56-69-59(64)52-50-48-46-44-42-40-38-36-34-25-23-21-19-17-15-13-11-9-7-2/h8-11,14-17,20-23,26-27,29-30,32-34,36-37,39,43,45,58,62H,6-7,12-13,18-19,24-25,28,31,35,38,40-42,44,46-57H2,1-5H3/b10-8-,11-9-,16-14-,17-15-,22-20-,23-21-,27-26-,30-29-,33-32-,36-34-,39-37-,45-43-. The van der Waals surface area contributed by atoms with Crippen molar-refractivity contribution in [2.24, 2.45) is 0 Å². The van der Waals surface area contributed by atoms with E-state index in [9.17, 15) is 19.5 Å². The number of unbranched alkanes of at least 4 members (excludes halogenated alkanes) is 8. The normalized spacial score (nSPS) is 14.0. The molecule has 0 spiro atoms. The molecule has 2 unspecified atom stereocenters. The molecule has 0 aliphatic heterocycles. The van der Waals surface area contributed by atoms with E-state index in [1.54, 1.807) is 0 Å². The second-order valence-electron chi connectivity index (χ2n) is 18.4. The number of carbonyl (C=O) groups excluding carboxylic acids is 3. The first-order chi connectivity index (χ1) is 34.6. The summed E-state index contributed by atoms with van der Waals surface area (Å²) in [5.41, 5.74) is 0. The van der Waals surface area contributed by atoms with Crippen molar-refractivity contribution in [2.45, 2.75) is 180 Å². The lowest BCUT2D eigenvalue weighted by atomic mass is 10.1. The minimum atomic E-state index is -1.65. The van der Waals surface area contributed by atoms with Gasteiger partial charge in [-0.15, -0.1) is 0 Å². The van der Waals surface area contributed by atoms with Gasteiger partial charge in [0, 0.05) is 12.8 Å². The Morgan fingerprint density at radius 3 is 1.15 bits per heavy atom. The molecule has 0 heterocycles. The number of hydrogen-bond acceptors (Lipinski definition) is 8. The van der Waals surface area contributed by atoms with Gasteiger partial charge in [-0.3, -0.25) is 9.59 Å². The number of esters is 2. The van der Waals surface area contributed by atoms with E-state index in [-0.39, 0.29) is 32.7 Å². The first kappa shape index (κ1) is 66.2. The Morgan fingerprint density at radius 2 is 0.761 bits per heavy atom. The molecule has 2 atom stereocenters. The van der Waals surface area contributed by atoms with Gasteiger partial charge >= 0.3 is 11.9 Å². The van der Waals surface area contributed by atoms with Crippen LogP contribution in [0.1, 0.15) is 168 Å². The van der Waals surface area contributed by atoms with Crippen LogP contribution in [0.4, 0.5) is 0 Å². The van der Waals surface area contributed by atoms with Gasteiger partial charge in [0.15, 0.2) is 12.4 Å². The van der Waals surface area contributed by atoms with E-state index < -0.39 is 30.3 Å². The summed E-state index contributed by atoms with van der Waals surface area (Å²) >= 11 is 0. The Bertz CT molecular complexity index is 1670. The van der Waals surface area contributed by atoms with Crippen LogP contribution >= 0.6 is 0 Å². The number of likely N-dealkylation sites (N-methyl/N-ethyl adjacent to an activating group) is 1. The lowest BCUT2D eigenvalue weighted by molar-refractivity contribution is -0.870. The van der Waals surface area contributed by atoms with Crippen molar-refractivity contribution in [3.05, 3.63) is 146 Å². The summed E-state index contributed by atoms with van der Waals surface area (Å²) in [7, 11) is 5.88. The third-order valence-corrected chi connectivity index (χ3v) is 10.6. The van der Waals surface area contributed by atoms with Crippen LogP contribution in [0.5, 0.6) is 0 Å². The molecule has 0 fully saturated rings. The predicted octanol–water partition coefficient (Wildman–Crippen LogP) is 14.3. The maximum Gasteiger partial charge on any atom is 0.306 e. The SMILES string of the molecule is CC/C=C\C/C=C\C/C=C\C/C=C\C/C=C\C/C=C\C/C=C\C/C=C\CCCCC(=O)OC(COC(=O)CCCCCCCC/C=C\C/C=C\C/C=C\C/C=C\CC)COC(OCC[N+](C)(C)C)C(=O)[O-]. The molecule has 0 aliphatic carbocycles. The summed E-state index contributed by atoms with van der Waals surface area (Å²) in [5, 5.41) is 11.8. The molecule has 0 saturated carbocycles. The fourth-order valence-corrected chi connectivity index (χ4v) is 6.48. The molecule has 9 heteroatoms. The van der Waals surface area contributed by atoms with Gasteiger partial charge in [-0.2, -0.15) is 0 Å². The molecule has 0 amide bonds. The second kappa shape index (κ2) is 51.5. The van der Waals surface area contributed by atoms with Crippen LogP contribution < -0.4 is 5.11 Å². The predicted molar refractivity (Wildman–Crippen MR) is 296 cm³/mol. The van der Waals surface area contributed by atoms with Gasteiger partial charge in [0.2, 0.25) is 0 Å². The molecule has 71 heavy (non-hydrogen) atoms. The van der Waals surface area contributed by atoms with Crippen LogP contribution in [0.2, 0.25) is 0 Å². The molecule has 0 rings (SSSR count). The number of nitrogens with zero attached hydrogens (tertiary/aromatic N) is 1. The number of carboxylic acids is 1. The van der Waals surface area contributed by atoms with Gasteiger partial charge in [-0.1, -0.05) is 185 Å². The van der Waals surface area contributed by atoms with Crippen molar-refractivity contribution in [1.82, 2.24) is 0 Å². The first-order valence-electron chi connectivity index (χ1n) is 27.0. The van der Waals surface area contributed by atoms with Gasteiger partial charge in [0.05, 0.1) is 40.3 Å². The zero-order valence-electron chi connectivity index (χ0n) is 45.0. The number of ether oxygens (including phenoxy) is 4. The highest BCUT2D eigenvalue weighted by molar-refractivity contribution is 5.70. The molecule has 0 aromatic rings. The highest BCUT2D eigenvalue weighted by Crippen LogP contribution is 2.12. The average Bonchev–Trinajstić information content (AvgIpc) is 3.34. The Kier molecular flexibility index (Phi) is 48.0. The topological polar surface area (TPSA) is 111 Å². The van der Waals surface area contributed by atoms with Gasteiger partial charge in [0.25, 0.3) is 0 Å². The minimum Gasteiger partial charge on any atom is -0.545 e. The van der Waals surface area contributed by atoms with Crippen LogP contribution in [-0.2, 0) is 33.3 Å². The average molecular weight is 984 g/mol. The van der Waals surface area contributed by atoms with Crippen molar-refractivity contribution in [2.75, 3.05) is 47.5 Å². The third-order valence-electron chi connectivity index (χ3n) is 10.6. The van der Waals surface area contributed by atoms with Gasteiger partial charge < -0.3 is 33.3 Å². The van der Waals surface area contributed by atoms with E-state index in [1.807, 2.05) is 21.1 Å². The molecule has 9 nitrogen and oxygen atoms in total. The first-order valence-corrected chi connectivity index (χ1v) is 27.0. The highest BCUT2D eigenvalue weighted by Gasteiger charge is 2.21. The Labute approximate surface area is 432 Å². The molecule has 398 valence electrons. The smallest absolute Gasteiger partial charge is 0.306 e. The number of carbonyl (C=O) groups is 3. The summed E-state index contributed by atoms with van der Waals surface area (Å²) in [6, 6.07) is 0. The van der Waals surface area contributed by atoms with Gasteiger partial charge in [-0.25, -0.2) is 0 Å². The van der Waals surface area contributed by atoms with Crippen molar-refractivity contribution < 1.29 is 42.9 Å². The summed E-state index contributed by atoms with van der Waals surface area (Å²) < 4.78 is 22.6. The fourth-order valence-electron chi connectivity index (χ4n) is 6.48. The largest absolute Gasteiger partial charge is 0.545 e. The van der Waals surface area contributed by atoms with Crippen molar-refractivity contribution in [3.8, 4) is 0 Å². The van der Waals surface area contributed by atoms with Crippen LogP contribution in [0, 0.1) is 0 Å². The van der Waals surface area contributed by atoms with Crippen molar-refractivity contribution >= 4 is 17.9 Å². The summed E-state index contributed by atoms with van der Waals surface area (Å²) in [5.74, 6) is -2.39. The van der Waals surface area contributed by atoms with E-state index >= 15 is 0 Å². The molecule has 0 saturated heterocycles. The van der Waals surface area contributed by atoms with Gasteiger partial charge in [0.1, 0.15) is 13.2 Å². The lowest BCUT2D eigenvalue weighted by Crippen LogP contribution is -2.44. The Hall–Kier alpha value is -4.83. The molecule has 0 radical (unpaired) electrons. The van der Waals surface area contributed by atoms with Crippen molar-refractivity contribution in [1.29, 1.82) is 0 Å². The van der Waals surface area contributed by atoms with E-state index in [2.05, 4.69) is 160 Å².